The molecular weight excluding hydrogens is 360 g/mol. The normalized spacial score (nSPS) is 19.0. The number of phenols is 2. The Morgan fingerprint density at radius 2 is 1.64 bits per heavy atom. The van der Waals surface area contributed by atoms with Crippen molar-refractivity contribution in [2.24, 2.45) is 11.5 Å². The molecule has 0 bridgehead atoms. The summed E-state index contributed by atoms with van der Waals surface area (Å²) in [6, 6.07) is 14.5. The lowest BCUT2D eigenvalue weighted by atomic mass is 9.75. The molecule has 1 spiro atoms. The Hall–Kier alpha value is -3.55. The van der Waals surface area contributed by atoms with Crippen LogP contribution in [-0.4, -0.2) is 16.2 Å². The zero-order chi connectivity index (χ0) is 19.6. The van der Waals surface area contributed by atoms with Crippen molar-refractivity contribution < 1.29 is 24.5 Å². The Morgan fingerprint density at radius 3 is 2.43 bits per heavy atom. The maximum absolute atomic E-state index is 12.7. The second kappa shape index (κ2) is 5.48. The number of nitrogens with two attached hydrogens (primary N) is 2. The molecule has 1 atom stereocenters. The molecule has 5 rings (SSSR count). The molecule has 2 heterocycles. The average molecular weight is 376 g/mol. The maximum atomic E-state index is 12.7. The highest BCUT2D eigenvalue weighted by atomic mass is 16.6. The molecular formula is C21H16N2O5. The van der Waals surface area contributed by atoms with Crippen molar-refractivity contribution in [1.82, 2.24) is 0 Å². The van der Waals surface area contributed by atoms with Crippen molar-refractivity contribution in [3.05, 3.63) is 82.4 Å². The molecule has 0 aromatic heterocycles. The second-order valence-corrected chi connectivity index (χ2v) is 6.83. The third kappa shape index (κ3) is 2.02. The summed E-state index contributed by atoms with van der Waals surface area (Å²) in [5, 5.41) is 20.1. The predicted octanol–water partition coefficient (Wildman–Crippen LogP) is 2.58. The number of carbonyl (C=O) groups is 1. The number of hydrogen-bond acceptors (Lipinski definition) is 7. The van der Waals surface area contributed by atoms with Crippen LogP contribution in [0.15, 0.2) is 54.6 Å². The topological polar surface area (TPSA) is 128 Å². The van der Waals surface area contributed by atoms with E-state index in [-0.39, 0.29) is 17.2 Å². The third-order valence-electron chi connectivity index (χ3n) is 5.17. The maximum Gasteiger partial charge on any atom is 0.340 e. The van der Waals surface area contributed by atoms with E-state index in [2.05, 4.69) is 0 Å². The molecule has 2 aliphatic rings. The van der Waals surface area contributed by atoms with Gasteiger partial charge in [-0.05, 0) is 29.8 Å². The summed E-state index contributed by atoms with van der Waals surface area (Å²) in [5.41, 5.74) is 13.0. The number of fused-ring (bicyclic) bond motifs is 6. The van der Waals surface area contributed by atoms with Gasteiger partial charge in [-0.15, -0.1) is 0 Å². The third-order valence-corrected chi connectivity index (χ3v) is 5.17. The van der Waals surface area contributed by atoms with Crippen LogP contribution in [-0.2, 0) is 10.3 Å². The number of rotatable bonds is 1. The number of carbonyl (C=O) groups excluding carboxylic acids is 1. The van der Waals surface area contributed by atoms with Crippen LogP contribution in [0.2, 0.25) is 0 Å². The van der Waals surface area contributed by atoms with Crippen molar-refractivity contribution in [3.63, 3.8) is 0 Å². The van der Waals surface area contributed by atoms with E-state index in [0.717, 1.165) is 0 Å². The quantitative estimate of drug-likeness (QED) is 0.379. The fourth-order valence-corrected chi connectivity index (χ4v) is 4.08. The molecule has 6 N–H and O–H groups in total. The van der Waals surface area contributed by atoms with Gasteiger partial charge in [0.2, 0.25) is 0 Å². The van der Waals surface area contributed by atoms with E-state index < -0.39 is 17.7 Å². The lowest BCUT2D eigenvalue weighted by Gasteiger charge is -2.38. The Balaban J connectivity index is 1.95. The van der Waals surface area contributed by atoms with Crippen LogP contribution in [0.5, 0.6) is 23.0 Å². The van der Waals surface area contributed by atoms with E-state index in [4.69, 9.17) is 20.9 Å². The first-order valence-corrected chi connectivity index (χ1v) is 8.64. The van der Waals surface area contributed by atoms with Gasteiger partial charge in [0.15, 0.2) is 5.60 Å². The minimum atomic E-state index is -1.36. The monoisotopic (exact) mass is 376 g/mol. The van der Waals surface area contributed by atoms with E-state index in [9.17, 15) is 15.0 Å². The predicted molar refractivity (Wildman–Crippen MR) is 99.1 cm³/mol. The molecule has 2 aliphatic heterocycles. The first kappa shape index (κ1) is 16.6. The summed E-state index contributed by atoms with van der Waals surface area (Å²) >= 11 is 0. The Kier molecular flexibility index (Phi) is 3.25. The first-order valence-electron chi connectivity index (χ1n) is 8.64. The largest absolute Gasteiger partial charge is 0.508 e. The lowest BCUT2D eigenvalue weighted by molar-refractivity contribution is 0.0220. The Labute approximate surface area is 159 Å². The van der Waals surface area contributed by atoms with E-state index >= 15 is 0 Å². The van der Waals surface area contributed by atoms with Gasteiger partial charge in [0, 0.05) is 23.3 Å². The van der Waals surface area contributed by atoms with Gasteiger partial charge in [-0.2, -0.15) is 0 Å². The van der Waals surface area contributed by atoms with Crippen LogP contribution in [0.3, 0.4) is 0 Å². The zero-order valence-corrected chi connectivity index (χ0v) is 14.5. The van der Waals surface area contributed by atoms with Gasteiger partial charge >= 0.3 is 5.97 Å². The van der Waals surface area contributed by atoms with Gasteiger partial charge in [-0.25, -0.2) is 4.79 Å². The van der Waals surface area contributed by atoms with Crippen molar-refractivity contribution in [1.29, 1.82) is 0 Å². The molecule has 28 heavy (non-hydrogen) atoms. The lowest BCUT2D eigenvalue weighted by Crippen LogP contribution is -2.36. The van der Waals surface area contributed by atoms with Crippen LogP contribution >= 0.6 is 0 Å². The van der Waals surface area contributed by atoms with Crippen molar-refractivity contribution in [2.75, 3.05) is 0 Å². The second-order valence-electron chi connectivity index (χ2n) is 6.83. The fourth-order valence-electron chi connectivity index (χ4n) is 4.08. The molecule has 0 aliphatic carbocycles. The molecule has 7 nitrogen and oxygen atoms in total. The summed E-state index contributed by atoms with van der Waals surface area (Å²) in [6.45, 7) is 0. The van der Waals surface area contributed by atoms with E-state index in [1.165, 1.54) is 24.3 Å². The zero-order valence-electron chi connectivity index (χ0n) is 14.5. The summed E-state index contributed by atoms with van der Waals surface area (Å²) in [5.74, 6) is -0.0402. The number of aromatic hydroxyl groups is 2. The highest BCUT2D eigenvalue weighted by Gasteiger charge is 2.54. The van der Waals surface area contributed by atoms with Crippen LogP contribution in [0, 0.1) is 0 Å². The molecule has 0 saturated heterocycles. The summed E-state index contributed by atoms with van der Waals surface area (Å²) in [7, 11) is 0. The highest BCUT2D eigenvalue weighted by molar-refractivity contribution is 5.97. The molecule has 0 saturated carbocycles. The number of ether oxygens (including phenoxy) is 2. The molecule has 3 aromatic rings. The summed E-state index contributed by atoms with van der Waals surface area (Å²) in [4.78, 5) is 12.7. The fraction of sp³-hybridized carbons (Fsp3) is 0.0952. The molecule has 0 amide bonds. The number of hydrogen-bond donors (Lipinski definition) is 4. The number of phenolic OH excluding ortho intramolecular Hbond substituents is 2. The Morgan fingerprint density at radius 1 is 0.893 bits per heavy atom. The first-order chi connectivity index (χ1) is 13.4. The minimum Gasteiger partial charge on any atom is -0.508 e. The van der Waals surface area contributed by atoms with Gasteiger partial charge in [0.05, 0.1) is 17.3 Å². The van der Waals surface area contributed by atoms with Gasteiger partial charge in [-0.1, -0.05) is 18.2 Å². The number of esters is 1. The van der Waals surface area contributed by atoms with Crippen LogP contribution in [0.1, 0.15) is 38.8 Å². The molecule has 3 aromatic carbocycles. The van der Waals surface area contributed by atoms with Crippen LogP contribution in [0.25, 0.3) is 0 Å². The van der Waals surface area contributed by atoms with Crippen LogP contribution in [0.4, 0.5) is 0 Å². The van der Waals surface area contributed by atoms with Gasteiger partial charge < -0.3 is 31.2 Å². The van der Waals surface area contributed by atoms with E-state index in [1.54, 1.807) is 30.3 Å². The van der Waals surface area contributed by atoms with Crippen LogP contribution < -0.4 is 16.2 Å². The number of benzene rings is 3. The highest BCUT2D eigenvalue weighted by Crippen LogP contribution is 2.58. The van der Waals surface area contributed by atoms with Crippen molar-refractivity contribution >= 4 is 5.97 Å². The van der Waals surface area contributed by atoms with Crippen molar-refractivity contribution in [2.45, 2.75) is 11.8 Å². The van der Waals surface area contributed by atoms with Gasteiger partial charge in [0.25, 0.3) is 0 Å². The van der Waals surface area contributed by atoms with Gasteiger partial charge in [0.1, 0.15) is 23.0 Å². The molecule has 0 fully saturated rings. The summed E-state index contributed by atoms with van der Waals surface area (Å²) in [6.07, 6.45) is -0.952. The van der Waals surface area contributed by atoms with E-state index in [0.29, 0.717) is 33.6 Å². The average Bonchev–Trinajstić information content (AvgIpc) is 2.94. The van der Waals surface area contributed by atoms with Gasteiger partial charge in [-0.3, -0.25) is 0 Å². The molecule has 1 unspecified atom stereocenters. The smallest absolute Gasteiger partial charge is 0.340 e. The molecule has 140 valence electrons. The standard InChI is InChI=1S/C21H16N2O5/c22-19(23)13-7-11(25)9-17-18(13)21(15-6-5-10(24)8-16(15)27-17)14-4-2-1-3-12(14)20(26)28-21/h1-9,19,24-25H,22-23H2. The summed E-state index contributed by atoms with van der Waals surface area (Å²) < 4.78 is 11.9. The minimum absolute atomic E-state index is 0.00846. The Bertz CT molecular complexity index is 1160. The molecule has 0 radical (unpaired) electrons. The molecule has 7 heteroatoms. The van der Waals surface area contributed by atoms with Crippen molar-refractivity contribution in [3.8, 4) is 23.0 Å². The SMILES string of the molecule is NC(N)c1cc(O)cc2c1C1(OC(=O)c3ccccc31)c1ccc(O)cc1O2. The van der Waals surface area contributed by atoms with E-state index in [1.807, 2.05) is 0 Å².